The van der Waals surface area contributed by atoms with Gasteiger partial charge in [0.25, 0.3) is 0 Å². The summed E-state index contributed by atoms with van der Waals surface area (Å²) in [5.41, 5.74) is 1.41. The molecule has 2 aromatic rings. The van der Waals surface area contributed by atoms with Crippen LogP contribution < -0.4 is 4.74 Å². The zero-order chi connectivity index (χ0) is 13.9. The minimum atomic E-state index is 0.226. The van der Waals surface area contributed by atoms with E-state index >= 15 is 0 Å². The fraction of sp³-hybridized carbons (Fsp3) is 0.412. The summed E-state index contributed by atoms with van der Waals surface area (Å²) in [5.74, 6) is 1.50. The van der Waals surface area contributed by atoms with E-state index < -0.39 is 0 Å². The average Bonchev–Trinajstić information content (AvgIpc) is 2.50. The van der Waals surface area contributed by atoms with Crippen molar-refractivity contribution in [3.8, 4) is 11.8 Å². The number of hydrogen-bond acceptors (Lipinski definition) is 3. The van der Waals surface area contributed by atoms with Gasteiger partial charge in [-0.3, -0.25) is 4.98 Å². The molecule has 3 nitrogen and oxygen atoms in total. The minimum absolute atomic E-state index is 0.226. The van der Waals surface area contributed by atoms with Crippen molar-refractivity contribution in [1.82, 2.24) is 4.98 Å². The SMILES string of the molecule is CC1CCC(Oc2c(C#N)cnc3ccccc23)CC1. The number of nitriles is 1. The lowest BCUT2D eigenvalue weighted by Crippen LogP contribution is -2.23. The third kappa shape index (κ3) is 2.46. The highest BCUT2D eigenvalue weighted by Gasteiger charge is 2.21. The van der Waals surface area contributed by atoms with Crippen molar-refractivity contribution in [3.63, 3.8) is 0 Å². The van der Waals surface area contributed by atoms with Crippen molar-refractivity contribution >= 4 is 10.9 Å². The van der Waals surface area contributed by atoms with Gasteiger partial charge in [0.05, 0.1) is 11.6 Å². The first-order valence-corrected chi connectivity index (χ1v) is 7.22. The second kappa shape index (κ2) is 5.50. The summed E-state index contributed by atoms with van der Waals surface area (Å²) in [5, 5.41) is 10.2. The molecular weight excluding hydrogens is 248 g/mol. The average molecular weight is 266 g/mol. The normalized spacial score (nSPS) is 22.4. The summed E-state index contributed by atoms with van der Waals surface area (Å²) in [6, 6.07) is 10.0. The fourth-order valence-electron chi connectivity index (χ4n) is 2.84. The molecule has 1 aliphatic rings. The van der Waals surface area contributed by atoms with Crippen molar-refractivity contribution in [1.29, 1.82) is 5.26 Å². The molecule has 0 amide bonds. The lowest BCUT2D eigenvalue weighted by atomic mass is 9.89. The second-order valence-electron chi connectivity index (χ2n) is 5.63. The van der Waals surface area contributed by atoms with Gasteiger partial charge in [0, 0.05) is 11.6 Å². The van der Waals surface area contributed by atoms with Gasteiger partial charge in [0.15, 0.2) is 0 Å². The van der Waals surface area contributed by atoms with Gasteiger partial charge in [-0.05, 0) is 43.7 Å². The molecule has 1 fully saturated rings. The van der Waals surface area contributed by atoms with Gasteiger partial charge < -0.3 is 4.74 Å². The number of aromatic nitrogens is 1. The summed E-state index contributed by atoms with van der Waals surface area (Å²) in [4.78, 5) is 4.32. The number of benzene rings is 1. The van der Waals surface area contributed by atoms with Crippen molar-refractivity contribution in [2.45, 2.75) is 38.7 Å². The van der Waals surface area contributed by atoms with Crippen LogP contribution in [0.25, 0.3) is 10.9 Å². The highest BCUT2D eigenvalue weighted by molar-refractivity contribution is 5.87. The summed E-state index contributed by atoms with van der Waals surface area (Å²) in [6.45, 7) is 2.29. The van der Waals surface area contributed by atoms with Crippen LogP contribution in [0.2, 0.25) is 0 Å². The first-order valence-electron chi connectivity index (χ1n) is 7.22. The smallest absolute Gasteiger partial charge is 0.148 e. The Balaban J connectivity index is 1.95. The standard InChI is InChI=1S/C17H18N2O/c1-12-6-8-14(9-7-12)20-17-13(10-18)11-19-16-5-3-2-4-15(16)17/h2-5,11-12,14H,6-9H2,1H3. The Labute approximate surface area is 119 Å². The van der Waals surface area contributed by atoms with Crippen molar-refractivity contribution in [3.05, 3.63) is 36.0 Å². The van der Waals surface area contributed by atoms with Crippen LogP contribution in [0.4, 0.5) is 0 Å². The van der Waals surface area contributed by atoms with Gasteiger partial charge >= 0.3 is 0 Å². The summed E-state index contributed by atoms with van der Waals surface area (Å²) in [6.07, 6.45) is 6.39. The molecule has 3 heteroatoms. The number of rotatable bonds is 2. The number of para-hydroxylation sites is 1. The van der Waals surface area contributed by atoms with E-state index in [2.05, 4.69) is 18.0 Å². The summed E-state index contributed by atoms with van der Waals surface area (Å²) < 4.78 is 6.18. The molecule has 1 aliphatic carbocycles. The lowest BCUT2D eigenvalue weighted by Gasteiger charge is -2.27. The number of ether oxygens (including phenoxy) is 1. The molecular formula is C17H18N2O. The van der Waals surface area contributed by atoms with Gasteiger partial charge in [0.2, 0.25) is 0 Å². The highest BCUT2D eigenvalue weighted by atomic mass is 16.5. The Morgan fingerprint density at radius 2 is 1.95 bits per heavy atom. The number of nitrogens with zero attached hydrogens (tertiary/aromatic N) is 2. The van der Waals surface area contributed by atoms with E-state index in [-0.39, 0.29) is 6.10 Å². The molecule has 1 aromatic heterocycles. The maximum atomic E-state index is 9.28. The van der Waals surface area contributed by atoms with Gasteiger partial charge in [-0.25, -0.2) is 0 Å². The fourth-order valence-corrected chi connectivity index (χ4v) is 2.84. The lowest BCUT2D eigenvalue weighted by molar-refractivity contribution is 0.137. The molecule has 0 spiro atoms. The third-order valence-electron chi connectivity index (χ3n) is 4.09. The van der Waals surface area contributed by atoms with Crippen LogP contribution in [-0.4, -0.2) is 11.1 Å². The molecule has 0 unspecified atom stereocenters. The van der Waals surface area contributed by atoms with Gasteiger partial charge in [-0.1, -0.05) is 19.1 Å². The molecule has 1 saturated carbocycles. The number of hydrogen-bond donors (Lipinski definition) is 0. The van der Waals surface area contributed by atoms with Crippen LogP contribution >= 0.6 is 0 Å². The van der Waals surface area contributed by atoms with Crippen LogP contribution in [-0.2, 0) is 0 Å². The predicted molar refractivity (Wildman–Crippen MR) is 78.5 cm³/mol. The van der Waals surface area contributed by atoms with E-state index in [9.17, 15) is 5.26 Å². The minimum Gasteiger partial charge on any atom is -0.488 e. The maximum Gasteiger partial charge on any atom is 0.148 e. The van der Waals surface area contributed by atoms with Crippen LogP contribution in [0.5, 0.6) is 5.75 Å². The molecule has 20 heavy (non-hydrogen) atoms. The molecule has 0 saturated heterocycles. The predicted octanol–water partition coefficient (Wildman–Crippen LogP) is 4.06. The zero-order valence-electron chi connectivity index (χ0n) is 11.7. The Hall–Kier alpha value is -2.08. The molecule has 0 aliphatic heterocycles. The largest absolute Gasteiger partial charge is 0.488 e. The van der Waals surface area contributed by atoms with Crippen molar-refractivity contribution < 1.29 is 4.74 Å². The van der Waals surface area contributed by atoms with Crippen LogP contribution in [0.15, 0.2) is 30.5 Å². The van der Waals surface area contributed by atoms with Crippen molar-refractivity contribution in [2.24, 2.45) is 5.92 Å². The van der Waals surface area contributed by atoms with E-state index in [0.717, 1.165) is 29.7 Å². The molecule has 0 bridgehead atoms. The summed E-state index contributed by atoms with van der Waals surface area (Å²) >= 11 is 0. The van der Waals surface area contributed by atoms with Gasteiger partial charge in [0.1, 0.15) is 17.4 Å². The first kappa shape index (κ1) is 12.9. The van der Waals surface area contributed by atoms with E-state index in [1.807, 2.05) is 24.3 Å². The highest BCUT2D eigenvalue weighted by Crippen LogP contribution is 2.32. The van der Waals surface area contributed by atoms with E-state index in [1.54, 1.807) is 6.20 Å². The summed E-state index contributed by atoms with van der Waals surface area (Å²) in [7, 11) is 0. The van der Waals surface area contributed by atoms with Crippen LogP contribution in [0.3, 0.4) is 0 Å². The molecule has 102 valence electrons. The van der Waals surface area contributed by atoms with Gasteiger partial charge in [-0.15, -0.1) is 0 Å². The Bertz CT molecular complexity index is 652. The van der Waals surface area contributed by atoms with E-state index in [4.69, 9.17) is 4.74 Å². The zero-order valence-corrected chi connectivity index (χ0v) is 11.7. The van der Waals surface area contributed by atoms with E-state index in [1.165, 1.54) is 12.8 Å². The maximum absolute atomic E-state index is 9.28. The Kier molecular flexibility index (Phi) is 3.56. The van der Waals surface area contributed by atoms with Crippen molar-refractivity contribution in [2.75, 3.05) is 0 Å². The monoisotopic (exact) mass is 266 g/mol. The van der Waals surface area contributed by atoms with Gasteiger partial charge in [-0.2, -0.15) is 5.26 Å². The third-order valence-corrected chi connectivity index (χ3v) is 4.09. The molecule has 1 aromatic carbocycles. The molecule has 0 radical (unpaired) electrons. The molecule has 0 N–H and O–H groups in total. The second-order valence-corrected chi connectivity index (χ2v) is 5.63. The molecule has 0 atom stereocenters. The Morgan fingerprint density at radius 1 is 1.20 bits per heavy atom. The number of pyridine rings is 1. The topological polar surface area (TPSA) is 45.9 Å². The van der Waals surface area contributed by atoms with E-state index in [0.29, 0.717) is 11.3 Å². The van der Waals surface area contributed by atoms with Crippen LogP contribution in [0, 0.1) is 17.2 Å². The van der Waals surface area contributed by atoms with Crippen LogP contribution in [0.1, 0.15) is 38.2 Å². The molecule has 3 rings (SSSR count). The number of fused-ring (bicyclic) bond motifs is 1. The quantitative estimate of drug-likeness (QED) is 0.823. The molecule has 1 heterocycles. The first-order chi connectivity index (χ1) is 9.78. The Morgan fingerprint density at radius 3 is 2.70 bits per heavy atom.